The highest BCUT2D eigenvalue weighted by Crippen LogP contribution is 2.37. The first-order valence-electron chi connectivity index (χ1n) is 7.02. The lowest BCUT2D eigenvalue weighted by atomic mass is 9.92. The van der Waals surface area contributed by atoms with Gasteiger partial charge < -0.3 is 5.11 Å². The average Bonchev–Trinajstić information content (AvgIpc) is 2.56. The number of aliphatic hydroxyl groups excluding tert-OH is 1. The molecule has 0 aliphatic heterocycles. The van der Waals surface area contributed by atoms with Crippen molar-refractivity contribution in [1.29, 1.82) is 0 Å². The van der Waals surface area contributed by atoms with Gasteiger partial charge in [-0.3, -0.25) is 4.68 Å². The molecule has 0 aromatic carbocycles. The van der Waals surface area contributed by atoms with Crippen LogP contribution in [-0.4, -0.2) is 14.9 Å². The Kier molecular flexibility index (Phi) is 4.84. The Labute approximate surface area is 118 Å². The van der Waals surface area contributed by atoms with Gasteiger partial charge in [0.2, 0.25) is 0 Å². The van der Waals surface area contributed by atoms with Crippen molar-refractivity contribution < 1.29 is 5.11 Å². The third kappa shape index (κ3) is 2.97. The molecule has 1 fully saturated rings. The van der Waals surface area contributed by atoms with Gasteiger partial charge >= 0.3 is 0 Å². The fourth-order valence-electron chi connectivity index (χ4n) is 2.89. The van der Waals surface area contributed by atoms with E-state index in [1.54, 1.807) is 6.20 Å². The summed E-state index contributed by atoms with van der Waals surface area (Å²) in [4.78, 5) is 0. The number of hydrogen-bond acceptors (Lipinski definition) is 2. The second kappa shape index (κ2) is 6.20. The molecule has 1 unspecified atom stereocenters. The molecule has 1 N–H and O–H groups in total. The maximum Gasteiger partial charge on any atom is 0.0996 e. The lowest BCUT2D eigenvalue weighted by Gasteiger charge is -2.24. The molecule has 0 spiro atoms. The van der Waals surface area contributed by atoms with Gasteiger partial charge in [-0.2, -0.15) is 5.10 Å². The van der Waals surface area contributed by atoms with Crippen molar-refractivity contribution >= 4 is 15.9 Å². The molecule has 4 heteroatoms. The van der Waals surface area contributed by atoms with E-state index in [0.717, 1.165) is 23.0 Å². The molecule has 18 heavy (non-hydrogen) atoms. The normalized spacial score (nSPS) is 20.1. The van der Waals surface area contributed by atoms with Crippen molar-refractivity contribution in [3.63, 3.8) is 0 Å². The first-order chi connectivity index (χ1) is 8.61. The van der Waals surface area contributed by atoms with Gasteiger partial charge in [0, 0.05) is 6.04 Å². The summed E-state index contributed by atoms with van der Waals surface area (Å²) in [5.74, 6) is 0.387. The van der Waals surface area contributed by atoms with Crippen LogP contribution in [0.3, 0.4) is 0 Å². The van der Waals surface area contributed by atoms with Crippen molar-refractivity contribution in [2.24, 2.45) is 5.92 Å². The average molecular weight is 315 g/mol. The largest absolute Gasteiger partial charge is 0.386 e. The molecule has 0 radical (unpaired) electrons. The molecule has 1 heterocycles. The highest BCUT2D eigenvalue weighted by Gasteiger charge is 2.27. The monoisotopic (exact) mass is 314 g/mol. The van der Waals surface area contributed by atoms with Crippen LogP contribution < -0.4 is 0 Å². The van der Waals surface area contributed by atoms with E-state index in [1.807, 2.05) is 4.68 Å². The van der Waals surface area contributed by atoms with Crippen molar-refractivity contribution in [2.75, 3.05) is 0 Å². The number of rotatable bonds is 3. The molecule has 1 aromatic heterocycles. The molecule has 0 saturated heterocycles. The van der Waals surface area contributed by atoms with Crippen LogP contribution in [-0.2, 0) is 0 Å². The van der Waals surface area contributed by atoms with Gasteiger partial charge in [-0.25, -0.2) is 0 Å². The van der Waals surface area contributed by atoms with Crippen LogP contribution in [0.25, 0.3) is 0 Å². The fourth-order valence-corrected chi connectivity index (χ4v) is 3.40. The van der Waals surface area contributed by atoms with Gasteiger partial charge in [-0.1, -0.05) is 25.7 Å². The lowest BCUT2D eigenvalue weighted by molar-refractivity contribution is 0.0880. The van der Waals surface area contributed by atoms with Gasteiger partial charge in [-0.15, -0.1) is 0 Å². The molecular weight excluding hydrogens is 292 g/mol. The summed E-state index contributed by atoms with van der Waals surface area (Å²) in [7, 11) is 0. The van der Waals surface area contributed by atoms with Crippen LogP contribution in [0, 0.1) is 5.92 Å². The molecule has 0 bridgehead atoms. The van der Waals surface area contributed by atoms with E-state index in [4.69, 9.17) is 0 Å². The van der Waals surface area contributed by atoms with E-state index in [9.17, 15) is 5.11 Å². The highest BCUT2D eigenvalue weighted by molar-refractivity contribution is 9.10. The zero-order valence-corrected chi connectivity index (χ0v) is 12.9. The summed E-state index contributed by atoms with van der Waals surface area (Å²) in [6.07, 6.45) is 8.80. The van der Waals surface area contributed by atoms with Gasteiger partial charge in [0.15, 0.2) is 0 Å². The van der Waals surface area contributed by atoms with Gasteiger partial charge in [-0.05, 0) is 48.5 Å². The summed E-state index contributed by atoms with van der Waals surface area (Å²) >= 11 is 3.53. The van der Waals surface area contributed by atoms with E-state index in [0.29, 0.717) is 5.92 Å². The predicted octanol–water partition coefficient (Wildman–Crippen LogP) is 4.23. The third-order valence-electron chi connectivity index (χ3n) is 3.90. The molecule has 3 nitrogen and oxygen atoms in total. The van der Waals surface area contributed by atoms with Crippen LogP contribution in [0.4, 0.5) is 0 Å². The summed E-state index contributed by atoms with van der Waals surface area (Å²) in [6, 6.07) is 0.284. The topological polar surface area (TPSA) is 38.0 Å². The summed E-state index contributed by atoms with van der Waals surface area (Å²) in [5, 5.41) is 15.0. The molecule has 1 aromatic rings. The molecule has 1 atom stereocenters. The minimum atomic E-state index is -0.387. The van der Waals surface area contributed by atoms with Crippen LogP contribution in [0.2, 0.25) is 0 Å². The van der Waals surface area contributed by atoms with Gasteiger partial charge in [0.1, 0.15) is 0 Å². The second-order valence-electron chi connectivity index (χ2n) is 5.61. The molecular formula is C14H23BrN2O. The van der Waals surface area contributed by atoms with Crippen LogP contribution in [0.5, 0.6) is 0 Å². The van der Waals surface area contributed by atoms with E-state index >= 15 is 0 Å². The maximum atomic E-state index is 10.7. The predicted molar refractivity (Wildman–Crippen MR) is 76.5 cm³/mol. The van der Waals surface area contributed by atoms with Gasteiger partial charge in [0.25, 0.3) is 0 Å². The van der Waals surface area contributed by atoms with E-state index in [-0.39, 0.29) is 12.1 Å². The molecule has 1 saturated carbocycles. The fraction of sp³-hybridized carbons (Fsp3) is 0.786. The minimum absolute atomic E-state index is 0.284. The quantitative estimate of drug-likeness (QED) is 0.848. The number of hydrogen-bond donors (Lipinski definition) is 1. The molecule has 1 aliphatic carbocycles. The van der Waals surface area contributed by atoms with Crippen LogP contribution in [0.1, 0.15) is 70.2 Å². The summed E-state index contributed by atoms with van der Waals surface area (Å²) in [6.45, 7) is 4.20. The zero-order chi connectivity index (χ0) is 13.1. The minimum Gasteiger partial charge on any atom is -0.386 e. The Hall–Kier alpha value is -0.350. The van der Waals surface area contributed by atoms with Crippen molar-refractivity contribution in [2.45, 2.75) is 64.5 Å². The van der Waals surface area contributed by atoms with E-state index in [2.05, 4.69) is 34.9 Å². The SMILES string of the molecule is CC(C)n1ncc(Br)c1C(O)C1CCCCCC1. The van der Waals surface area contributed by atoms with Gasteiger partial charge in [0.05, 0.1) is 22.5 Å². The van der Waals surface area contributed by atoms with Crippen LogP contribution in [0.15, 0.2) is 10.7 Å². The van der Waals surface area contributed by atoms with Crippen molar-refractivity contribution in [3.8, 4) is 0 Å². The van der Waals surface area contributed by atoms with Crippen molar-refractivity contribution in [1.82, 2.24) is 9.78 Å². The number of halogens is 1. The molecule has 1 aliphatic rings. The number of aromatic nitrogens is 2. The third-order valence-corrected chi connectivity index (χ3v) is 4.51. The second-order valence-corrected chi connectivity index (χ2v) is 6.47. The molecule has 102 valence electrons. The summed E-state index contributed by atoms with van der Waals surface area (Å²) in [5.41, 5.74) is 0.955. The maximum absolute atomic E-state index is 10.7. The van der Waals surface area contributed by atoms with E-state index < -0.39 is 0 Å². The first kappa shape index (κ1) is 14.1. The summed E-state index contributed by atoms with van der Waals surface area (Å²) < 4.78 is 2.88. The number of aliphatic hydroxyl groups is 1. The molecule has 0 amide bonds. The molecule has 2 rings (SSSR count). The smallest absolute Gasteiger partial charge is 0.0996 e. The first-order valence-corrected chi connectivity index (χ1v) is 7.81. The zero-order valence-electron chi connectivity index (χ0n) is 11.3. The Morgan fingerprint density at radius 3 is 2.44 bits per heavy atom. The highest BCUT2D eigenvalue weighted by atomic mass is 79.9. The Morgan fingerprint density at radius 1 is 1.28 bits per heavy atom. The van der Waals surface area contributed by atoms with Crippen LogP contribution >= 0.6 is 15.9 Å². The van der Waals surface area contributed by atoms with Crippen molar-refractivity contribution in [3.05, 3.63) is 16.4 Å². The Morgan fingerprint density at radius 2 is 1.89 bits per heavy atom. The standard InChI is InChI=1S/C14H23BrN2O/c1-10(2)17-13(12(15)9-16-17)14(18)11-7-5-3-4-6-8-11/h9-11,14,18H,3-8H2,1-2H3. The number of nitrogens with zero attached hydrogens (tertiary/aromatic N) is 2. The lowest BCUT2D eigenvalue weighted by Crippen LogP contribution is -2.18. The Balaban J connectivity index is 2.21. The van der Waals surface area contributed by atoms with E-state index in [1.165, 1.54) is 25.7 Å². The Bertz CT molecular complexity index is 381.